The van der Waals surface area contributed by atoms with Gasteiger partial charge in [-0.15, -0.1) is 0 Å². The molecule has 0 bridgehead atoms. The van der Waals surface area contributed by atoms with E-state index >= 15 is 0 Å². The lowest BCUT2D eigenvalue weighted by molar-refractivity contribution is -0.384. The average Bonchev–Trinajstić information content (AvgIpc) is 3.04. The van der Waals surface area contributed by atoms with Crippen LogP contribution in [0.4, 0.5) is 24.5 Å². The molecule has 1 aromatic carbocycles. The van der Waals surface area contributed by atoms with Gasteiger partial charge in [-0.1, -0.05) is 6.92 Å². The monoisotopic (exact) mass is 372 g/mol. The number of nitro groups is 1. The third-order valence-corrected chi connectivity index (χ3v) is 5.73. The van der Waals surface area contributed by atoms with E-state index in [1.165, 1.54) is 6.07 Å². The van der Waals surface area contributed by atoms with Gasteiger partial charge in [0.25, 0.3) is 5.69 Å². The third kappa shape index (κ3) is 3.65. The minimum Gasteiger partial charge on any atom is -0.393 e. The van der Waals surface area contributed by atoms with Gasteiger partial charge in [0.2, 0.25) is 0 Å². The van der Waals surface area contributed by atoms with Crippen LogP contribution in [0.2, 0.25) is 0 Å². The quantitative estimate of drug-likeness (QED) is 0.632. The zero-order valence-corrected chi connectivity index (χ0v) is 14.6. The fraction of sp³-hybridized carbons (Fsp3) is 0.667. The van der Waals surface area contributed by atoms with Gasteiger partial charge in [0, 0.05) is 24.6 Å². The van der Waals surface area contributed by atoms with E-state index in [-0.39, 0.29) is 17.6 Å². The largest absolute Gasteiger partial charge is 0.416 e. The minimum absolute atomic E-state index is 0.0110. The van der Waals surface area contributed by atoms with E-state index in [0.717, 1.165) is 31.7 Å². The van der Waals surface area contributed by atoms with Crippen LogP contribution in [0.3, 0.4) is 0 Å². The van der Waals surface area contributed by atoms with E-state index in [1.807, 2.05) is 4.90 Å². The number of anilines is 1. The van der Waals surface area contributed by atoms with Crippen LogP contribution in [0.5, 0.6) is 0 Å². The highest BCUT2D eigenvalue weighted by atomic mass is 19.4. The molecule has 0 unspecified atom stereocenters. The summed E-state index contributed by atoms with van der Waals surface area (Å²) in [5.41, 5.74) is -1.32. The number of alkyl halides is 3. The minimum atomic E-state index is -4.62. The van der Waals surface area contributed by atoms with E-state index in [1.54, 1.807) is 0 Å². The van der Waals surface area contributed by atoms with E-state index in [0.29, 0.717) is 24.9 Å². The van der Waals surface area contributed by atoms with Gasteiger partial charge < -0.3 is 10.0 Å². The molecule has 1 N–H and O–H groups in total. The van der Waals surface area contributed by atoms with Gasteiger partial charge in [-0.3, -0.25) is 10.1 Å². The zero-order chi connectivity index (χ0) is 19.1. The molecule has 1 aromatic rings. The van der Waals surface area contributed by atoms with Crippen molar-refractivity contribution >= 4 is 11.4 Å². The molecule has 3 rings (SSSR count). The summed E-state index contributed by atoms with van der Waals surface area (Å²) in [7, 11) is 0. The smallest absolute Gasteiger partial charge is 0.393 e. The molecular weight excluding hydrogens is 349 g/mol. The molecule has 1 aliphatic carbocycles. The lowest BCUT2D eigenvalue weighted by atomic mass is 9.76. The number of hydrogen-bond acceptors (Lipinski definition) is 4. The molecule has 1 heterocycles. The first-order valence-electron chi connectivity index (χ1n) is 8.99. The zero-order valence-electron chi connectivity index (χ0n) is 14.6. The summed E-state index contributed by atoms with van der Waals surface area (Å²) >= 11 is 0. The molecule has 0 amide bonds. The molecular formula is C18H23F3N2O3. The van der Waals surface area contributed by atoms with Crippen molar-refractivity contribution in [1.82, 2.24) is 0 Å². The van der Waals surface area contributed by atoms with E-state index < -0.39 is 28.5 Å². The van der Waals surface area contributed by atoms with E-state index in [9.17, 15) is 28.4 Å². The van der Waals surface area contributed by atoms with Gasteiger partial charge in [0.1, 0.15) is 5.69 Å². The maximum Gasteiger partial charge on any atom is 0.416 e. The molecule has 26 heavy (non-hydrogen) atoms. The Morgan fingerprint density at radius 1 is 1.27 bits per heavy atom. The standard InChI is InChI=1S/C18H23F3N2O3/c1-11-4-7-17(24)13(9-11)14-3-2-8-22(14)15-6-5-12(18(19,20)21)10-16(15)23(25)26/h5-6,10-11,13-14,17,24H,2-4,7-9H2,1H3/t11-,13+,14-,17+/m1/s1. The highest BCUT2D eigenvalue weighted by molar-refractivity contribution is 5.65. The molecule has 0 aromatic heterocycles. The first-order valence-corrected chi connectivity index (χ1v) is 8.99. The second-order valence-electron chi connectivity index (χ2n) is 7.51. The number of nitrogens with zero attached hydrogens (tertiary/aromatic N) is 2. The number of benzene rings is 1. The Bertz CT molecular complexity index is 680. The molecule has 8 heteroatoms. The average molecular weight is 372 g/mol. The van der Waals surface area contributed by atoms with E-state index in [4.69, 9.17) is 0 Å². The van der Waals surface area contributed by atoms with Crippen molar-refractivity contribution in [1.29, 1.82) is 0 Å². The molecule has 2 fully saturated rings. The summed E-state index contributed by atoms with van der Waals surface area (Å²) in [6.45, 7) is 2.67. The molecule has 1 saturated carbocycles. The van der Waals surface area contributed by atoms with Crippen LogP contribution in [0, 0.1) is 22.0 Å². The summed E-state index contributed by atoms with van der Waals surface area (Å²) in [4.78, 5) is 12.5. The van der Waals surface area contributed by atoms with Gasteiger partial charge in [0.15, 0.2) is 0 Å². The second kappa shape index (κ2) is 7.06. The van der Waals surface area contributed by atoms with Crippen molar-refractivity contribution in [3.8, 4) is 0 Å². The van der Waals surface area contributed by atoms with Crippen molar-refractivity contribution in [2.75, 3.05) is 11.4 Å². The number of aliphatic hydroxyl groups is 1. The highest BCUT2D eigenvalue weighted by Crippen LogP contribution is 2.43. The maximum atomic E-state index is 12.9. The highest BCUT2D eigenvalue weighted by Gasteiger charge is 2.41. The van der Waals surface area contributed by atoms with Gasteiger partial charge in [-0.25, -0.2) is 0 Å². The molecule has 4 atom stereocenters. The second-order valence-corrected chi connectivity index (χ2v) is 7.51. The Morgan fingerprint density at radius 2 is 2.00 bits per heavy atom. The van der Waals surface area contributed by atoms with Crippen molar-refractivity contribution < 1.29 is 23.2 Å². The number of halogens is 3. The van der Waals surface area contributed by atoms with Crippen LogP contribution in [-0.2, 0) is 6.18 Å². The molecule has 1 aliphatic heterocycles. The molecule has 2 aliphatic rings. The normalized spacial score (nSPS) is 29.8. The van der Waals surface area contributed by atoms with Gasteiger partial charge in [-0.2, -0.15) is 13.2 Å². The van der Waals surface area contributed by atoms with E-state index in [2.05, 4.69) is 6.92 Å². The fourth-order valence-corrected chi connectivity index (χ4v) is 4.45. The van der Waals surface area contributed by atoms with Crippen LogP contribution >= 0.6 is 0 Å². The summed E-state index contributed by atoms with van der Waals surface area (Å²) in [5.74, 6) is 0.455. The van der Waals surface area contributed by atoms with Crippen molar-refractivity contribution in [2.45, 2.75) is 57.3 Å². The first kappa shape index (κ1) is 18.9. The number of aliphatic hydroxyl groups excluding tert-OH is 1. The van der Waals surface area contributed by atoms with Crippen LogP contribution in [0.25, 0.3) is 0 Å². The van der Waals surface area contributed by atoms with Crippen LogP contribution < -0.4 is 4.90 Å². The Morgan fingerprint density at radius 3 is 2.65 bits per heavy atom. The van der Waals surface area contributed by atoms with Crippen LogP contribution in [0.15, 0.2) is 18.2 Å². The topological polar surface area (TPSA) is 66.6 Å². The van der Waals surface area contributed by atoms with Gasteiger partial charge in [0.05, 0.1) is 16.6 Å². The predicted octanol–water partition coefficient (Wildman–Crippen LogP) is 4.38. The molecule has 0 radical (unpaired) electrons. The summed E-state index contributed by atoms with van der Waals surface area (Å²) < 4.78 is 38.8. The Kier molecular flexibility index (Phi) is 5.14. The summed E-state index contributed by atoms with van der Waals surface area (Å²) in [6, 6.07) is 2.64. The van der Waals surface area contributed by atoms with Gasteiger partial charge >= 0.3 is 6.18 Å². The number of nitro benzene ring substituents is 1. The summed E-state index contributed by atoms with van der Waals surface area (Å²) in [6.07, 6.45) is -1.02. The Balaban J connectivity index is 1.95. The molecule has 0 spiro atoms. The molecule has 1 saturated heterocycles. The number of hydrogen-bond donors (Lipinski definition) is 1. The number of rotatable bonds is 3. The van der Waals surface area contributed by atoms with Crippen molar-refractivity contribution in [3.05, 3.63) is 33.9 Å². The SMILES string of the molecule is C[C@@H]1CC[C@H](O)[C@H]([C@H]2CCCN2c2ccc(C(F)(F)F)cc2[N+](=O)[O-])C1. The van der Waals surface area contributed by atoms with Crippen molar-refractivity contribution in [3.63, 3.8) is 0 Å². The first-order chi connectivity index (χ1) is 12.2. The maximum absolute atomic E-state index is 12.9. The van der Waals surface area contributed by atoms with Crippen molar-refractivity contribution in [2.24, 2.45) is 11.8 Å². The van der Waals surface area contributed by atoms with Crippen LogP contribution in [-0.4, -0.2) is 28.7 Å². The molecule has 144 valence electrons. The predicted molar refractivity (Wildman–Crippen MR) is 91.0 cm³/mol. The Hall–Kier alpha value is -1.83. The Labute approximate surface area is 150 Å². The summed E-state index contributed by atoms with van der Waals surface area (Å²) in [5, 5.41) is 21.9. The lowest BCUT2D eigenvalue weighted by Gasteiger charge is -2.40. The third-order valence-electron chi connectivity index (χ3n) is 5.73. The van der Waals surface area contributed by atoms with Gasteiger partial charge in [-0.05, 0) is 50.2 Å². The molecule has 5 nitrogen and oxygen atoms in total. The fourth-order valence-electron chi connectivity index (χ4n) is 4.45. The lowest BCUT2D eigenvalue weighted by Crippen LogP contribution is -2.44. The van der Waals surface area contributed by atoms with Crippen LogP contribution in [0.1, 0.15) is 44.6 Å².